The molecule has 0 unspecified atom stereocenters. The van der Waals surface area contributed by atoms with Crippen molar-refractivity contribution in [3.63, 3.8) is 0 Å². The smallest absolute Gasteiger partial charge is 0.149 e. The van der Waals surface area contributed by atoms with E-state index in [0.29, 0.717) is 0 Å². The highest BCUT2D eigenvalue weighted by molar-refractivity contribution is 8.25. The molecule has 0 atom stereocenters. The SMILES string of the molecule is N#CC(C#N)=C1SCCS1. The van der Waals surface area contributed by atoms with Crippen LogP contribution in [0.3, 0.4) is 0 Å². The normalized spacial score (nSPS) is 16.0. The molecule has 1 fully saturated rings. The molecule has 0 aromatic rings. The van der Waals surface area contributed by atoms with Crippen LogP contribution in [0, 0.1) is 22.7 Å². The van der Waals surface area contributed by atoms with E-state index in [4.69, 9.17) is 10.5 Å². The van der Waals surface area contributed by atoms with Crippen molar-refractivity contribution in [3.8, 4) is 12.1 Å². The Bertz CT molecular complexity index is 219. The van der Waals surface area contributed by atoms with Crippen LogP contribution >= 0.6 is 23.5 Å². The number of nitrogens with zero attached hydrogens (tertiary/aromatic N) is 2. The fraction of sp³-hybridized carbons (Fsp3) is 0.333. The number of nitriles is 2. The first-order chi connectivity index (χ1) is 4.88. The summed E-state index contributed by atoms with van der Waals surface area (Å²) in [5.74, 6) is 2.04. The molecule has 0 aliphatic carbocycles. The van der Waals surface area contributed by atoms with E-state index in [9.17, 15) is 0 Å². The van der Waals surface area contributed by atoms with Gasteiger partial charge in [-0.25, -0.2) is 0 Å². The number of hydrogen-bond donors (Lipinski definition) is 0. The third-order valence-corrected chi connectivity index (χ3v) is 3.69. The van der Waals surface area contributed by atoms with Crippen LogP contribution in [0.2, 0.25) is 0 Å². The van der Waals surface area contributed by atoms with E-state index >= 15 is 0 Å². The summed E-state index contributed by atoms with van der Waals surface area (Å²) < 4.78 is 0.894. The number of rotatable bonds is 0. The minimum Gasteiger partial charge on any atom is -0.192 e. The molecule has 1 aliphatic heterocycles. The standard InChI is InChI=1S/C6H4N2S2/c7-3-5(4-8)6-9-1-2-10-6/h1-2H2. The Hall–Kier alpha value is -0.580. The molecule has 1 aliphatic rings. The molecule has 1 saturated heterocycles. The van der Waals surface area contributed by atoms with E-state index < -0.39 is 0 Å². The van der Waals surface area contributed by atoms with Crippen LogP contribution in [0.1, 0.15) is 0 Å². The van der Waals surface area contributed by atoms with Crippen LogP contribution in [0.4, 0.5) is 0 Å². The summed E-state index contributed by atoms with van der Waals surface area (Å²) in [6, 6.07) is 3.74. The van der Waals surface area contributed by atoms with Gasteiger partial charge in [0.05, 0.1) is 4.24 Å². The molecule has 10 heavy (non-hydrogen) atoms. The topological polar surface area (TPSA) is 47.6 Å². The summed E-state index contributed by atoms with van der Waals surface area (Å²) in [7, 11) is 0. The zero-order chi connectivity index (χ0) is 7.40. The monoisotopic (exact) mass is 168 g/mol. The zero-order valence-electron chi connectivity index (χ0n) is 5.13. The first kappa shape index (κ1) is 7.53. The highest BCUT2D eigenvalue weighted by Crippen LogP contribution is 2.38. The van der Waals surface area contributed by atoms with E-state index in [1.54, 1.807) is 23.5 Å². The average Bonchev–Trinajstić information content (AvgIpc) is 2.43. The van der Waals surface area contributed by atoms with E-state index in [1.165, 1.54) is 0 Å². The zero-order valence-corrected chi connectivity index (χ0v) is 6.76. The van der Waals surface area contributed by atoms with Gasteiger partial charge in [0.1, 0.15) is 17.7 Å². The molecule has 0 radical (unpaired) electrons. The lowest BCUT2D eigenvalue weighted by atomic mass is 10.4. The van der Waals surface area contributed by atoms with Crippen LogP contribution in [-0.2, 0) is 0 Å². The molecule has 4 heteroatoms. The van der Waals surface area contributed by atoms with E-state index in [0.717, 1.165) is 15.7 Å². The van der Waals surface area contributed by atoms with Gasteiger partial charge in [-0.1, -0.05) is 0 Å². The highest BCUT2D eigenvalue weighted by Gasteiger charge is 2.13. The Labute approximate surface area is 67.9 Å². The second-order valence-corrected chi connectivity index (χ2v) is 4.05. The molecule has 50 valence electrons. The minimum absolute atomic E-state index is 0.271. The fourth-order valence-electron chi connectivity index (χ4n) is 0.571. The second-order valence-electron chi connectivity index (χ2n) is 1.58. The molecule has 0 N–H and O–H groups in total. The Morgan fingerprint density at radius 3 is 2.10 bits per heavy atom. The van der Waals surface area contributed by atoms with Crippen molar-refractivity contribution >= 4 is 23.5 Å². The molecular formula is C6H4N2S2. The van der Waals surface area contributed by atoms with Crippen molar-refractivity contribution in [2.24, 2.45) is 0 Å². The summed E-state index contributed by atoms with van der Waals surface area (Å²) in [4.78, 5) is 0. The molecule has 1 heterocycles. The fourth-order valence-corrected chi connectivity index (χ4v) is 2.91. The lowest BCUT2D eigenvalue weighted by molar-refractivity contribution is 1.47. The van der Waals surface area contributed by atoms with Gasteiger partial charge in [0.15, 0.2) is 0 Å². The van der Waals surface area contributed by atoms with Gasteiger partial charge in [-0.05, 0) is 0 Å². The van der Waals surface area contributed by atoms with Gasteiger partial charge in [0, 0.05) is 11.5 Å². The lowest BCUT2D eigenvalue weighted by Gasteiger charge is -1.88. The molecule has 0 aromatic heterocycles. The Kier molecular flexibility index (Phi) is 2.68. The summed E-state index contributed by atoms with van der Waals surface area (Å²) in [6.07, 6.45) is 0. The molecule has 0 aromatic carbocycles. The van der Waals surface area contributed by atoms with Gasteiger partial charge in [-0.2, -0.15) is 10.5 Å². The summed E-state index contributed by atoms with van der Waals surface area (Å²) in [5, 5.41) is 16.9. The second kappa shape index (κ2) is 3.55. The maximum absolute atomic E-state index is 8.43. The van der Waals surface area contributed by atoms with E-state index in [-0.39, 0.29) is 5.57 Å². The van der Waals surface area contributed by atoms with Gasteiger partial charge < -0.3 is 0 Å². The molecule has 0 bridgehead atoms. The maximum atomic E-state index is 8.43. The van der Waals surface area contributed by atoms with Crippen LogP contribution < -0.4 is 0 Å². The molecular weight excluding hydrogens is 164 g/mol. The molecule has 1 rings (SSSR count). The summed E-state index contributed by atoms with van der Waals surface area (Å²) in [5.41, 5.74) is 0.271. The predicted octanol–water partition coefficient (Wildman–Crippen LogP) is 1.73. The number of allylic oxidation sites excluding steroid dienone is 1. The third-order valence-electron chi connectivity index (χ3n) is 0.977. The van der Waals surface area contributed by atoms with Crippen molar-refractivity contribution in [2.75, 3.05) is 11.5 Å². The molecule has 0 saturated carbocycles. The van der Waals surface area contributed by atoms with Gasteiger partial charge >= 0.3 is 0 Å². The highest BCUT2D eigenvalue weighted by atomic mass is 32.2. The van der Waals surface area contributed by atoms with Crippen molar-refractivity contribution in [1.29, 1.82) is 10.5 Å². The van der Waals surface area contributed by atoms with Crippen molar-refractivity contribution in [2.45, 2.75) is 0 Å². The summed E-state index contributed by atoms with van der Waals surface area (Å²) in [6.45, 7) is 0. The van der Waals surface area contributed by atoms with E-state index in [1.807, 2.05) is 12.1 Å². The average molecular weight is 168 g/mol. The Morgan fingerprint density at radius 1 is 1.20 bits per heavy atom. The third kappa shape index (κ3) is 1.47. The van der Waals surface area contributed by atoms with Crippen molar-refractivity contribution in [1.82, 2.24) is 0 Å². The van der Waals surface area contributed by atoms with Crippen LogP contribution in [0.15, 0.2) is 9.81 Å². The van der Waals surface area contributed by atoms with Crippen LogP contribution in [0.25, 0.3) is 0 Å². The minimum atomic E-state index is 0.271. The van der Waals surface area contributed by atoms with Gasteiger partial charge in [0.25, 0.3) is 0 Å². The van der Waals surface area contributed by atoms with Crippen molar-refractivity contribution < 1.29 is 0 Å². The molecule has 0 spiro atoms. The van der Waals surface area contributed by atoms with Gasteiger partial charge in [-0.15, -0.1) is 23.5 Å². The molecule has 0 amide bonds. The largest absolute Gasteiger partial charge is 0.192 e. The van der Waals surface area contributed by atoms with Crippen molar-refractivity contribution in [3.05, 3.63) is 9.81 Å². The van der Waals surface area contributed by atoms with Crippen LogP contribution in [0.5, 0.6) is 0 Å². The Morgan fingerprint density at radius 2 is 1.70 bits per heavy atom. The molecule has 2 nitrogen and oxygen atoms in total. The number of hydrogen-bond acceptors (Lipinski definition) is 4. The number of thioether (sulfide) groups is 2. The summed E-state index contributed by atoms with van der Waals surface area (Å²) >= 11 is 3.19. The predicted molar refractivity (Wildman–Crippen MR) is 43.2 cm³/mol. The van der Waals surface area contributed by atoms with Crippen LogP contribution in [-0.4, -0.2) is 11.5 Å². The first-order valence-electron chi connectivity index (χ1n) is 2.68. The quantitative estimate of drug-likeness (QED) is 0.517. The lowest BCUT2D eigenvalue weighted by Crippen LogP contribution is -1.72. The van der Waals surface area contributed by atoms with E-state index in [2.05, 4.69) is 0 Å². The van der Waals surface area contributed by atoms with Gasteiger partial charge in [-0.3, -0.25) is 0 Å². The Balaban J connectivity index is 2.85. The first-order valence-corrected chi connectivity index (χ1v) is 4.65. The maximum Gasteiger partial charge on any atom is 0.149 e. The van der Waals surface area contributed by atoms with Gasteiger partial charge in [0.2, 0.25) is 0 Å².